The number of hydrogen-bond acceptors (Lipinski definition) is 3. The lowest BCUT2D eigenvalue weighted by molar-refractivity contribution is 0.120. The highest BCUT2D eigenvalue weighted by molar-refractivity contribution is 7.80. The van der Waals surface area contributed by atoms with Crippen molar-refractivity contribution in [2.45, 2.75) is 12.5 Å². The molecule has 0 fully saturated rings. The first kappa shape index (κ1) is 15.5. The molecule has 4 nitrogen and oxygen atoms in total. The molecule has 0 saturated carbocycles. The summed E-state index contributed by atoms with van der Waals surface area (Å²) in [6.45, 7) is 1.13. The predicted molar refractivity (Wildman–Crippen MR) is 78.4 cm³/mol. The molecule has 0 aliphatic rings. The third kappa shape index (κ3) is 3.96. The van der Waals surface area contributed by atoms with Gasteiger partial charge in [-0.1, -0.05) is 29.3 Å². The third-order valence-electron chi connectivity index (χ3n) is 2.31. The van der Waals surface area contributed by atoms with Gasteiger partial charge >= 0.3 is 0 Å². The molecule has 18 heavy (non-hydrogen) atoms. The van der Waals surface area contributed by atoms with E-state index in [0.717, 1.165) is 0 Å². The summed E-state index contributed by atoms with van der Waals surface area (Å²) in [6, 6.07) is 5.12. The molecule has 1 rings (SSSR count). The lowest BCUT2D eigenvalue weighted by Gasteiger charge is -2.28. The van der Waals surface area contributed by atoms with Crippen LogP contribution >= 0.6 is 35.4 Å². The van der Waals surface area contributed by atoms with Crippen LogP contribution in [0.5, 0.6) is 0 Å². The highest BCUT2D eigenvalue weighted by Crippen LogP contribution is 2.29. The molecule has 0 bridgehead atoms. The number of hydrogen-bond donors (Lipinski definition) is 4. The van der Waals surface area contributed by atoms with Crippen LogP contribution in [0.3, 0.4) is 0 Å². The van der Waals surface area contributed by atoms with E-state index >= 15 is 0 Å². The molecule has 0 aliphatic carbocycles. The predicted octanol–water partition coefficient (Wildman–Crippen LogP) is 2.02. The Hall–Kier alpha value is -0.590. The number of thiocarbonyl (C=S) groups is 1. The molecule has 0 atom stereocenters. The molecule has 0 aromatic heterocycles. The monoisotopic (exact) mass is 308 g/mol. The maximum Gasteiger partial charge on any atom is 0.171 e. The van der Waals surface area contributed by atoms with Crippen molar-refractivity contribution in [2.75, 3.05) is 18.5 Å². The second-order valence-electron chi connectivity index (χ2n) is 4.06. The molecule has 0 heterocycles. The number of anilines is 1. The highest BCUT2D eigenvalue weighted by atomic mass is 35.5. The van der Waals surface area contributed by atoms with E-state index in [2.05, 4.69) is 10.6 Å². The summed E-state index contributed by atoms with van der Waals surface area (Å²) in [6.07, 6.45) is 0. The topological polar surface area (TPSA) is 64.5 Å². The summed E-state index contributed by atoms with van der Waals surface area (Å²) >= 11 is 16.9. The number of nitrogens with one attached hydrogen (secondary N) is 2. The average molecular weight is 309 g/mol. The van der Waals surface area contributed by atoms with Gasteiger partial charge in [0.1, 0.15) is 0 Å². The SMILES string of the molecule is CC(CO)(CO)NC(=S)Nc1cccc(Cl)c1Cl. The lowest BCUT2D eigenvalue weighted by atomic mass is 10.1. The zero-order valence-electron chi connectivity index (χ0n) is 9.70. The van der Waals surface area contributed by atoms with E-state index in [0.29, 0.717) is 15.7 Å². The van der Waals surface area contributed by atoms with Crippen LogP contribution in [0.25, 0.3) is 0 Å². The van der Waals surface area contributed by atoms with Gasteiger partial charge in [0.05, 0.1) is 34.5 Å². The van der Waals surface area contributed by atoms with Crippen LogP contribution in [-0.2, 0) is 0 Å². The van der Waals surface area contributed by atoms with Crippen molar-refractivity contribution in [3.63, 3.8) is 0 Å². The average Bonchev–Trinajstić information content (AvgIpc) is 2.34. The van der Waals surface area contributed by atoms with Gasteiger partial charge in [-0.25, -0.2) is 0 Å². The summed E-state index contributed by atoms with van der Waals surface area (Å²) in [5, 5.41) is 25.0. The molecule has 0 unspecified atom stereocenters. The Kier molecular flexibility index (Phi) is 5.62. The van der Waals surface area contributed by atoms with E-state index in [-0.39, 0.29) is 18.3 Å². The fourth-order valence-corrected chi connectivity index (χ4v) is 1.86. The standard InChI is InChI=1S/C11H14Cl2N2O2S/c1-11(5-16,6-17)15-10(18)14-8-4-2-3-7(12)9(8)13/h2-4,16-17H,5-6H2,1H3,(H2,14,15,18). The molecule has 0 amide bonds. The van der Waals surface area contributed by atoms with Gasteiger partial charge in [0.15, 0.2) is 5.11 Å². The zero-order chi connectivity index (χ0) is 13.8. The fraction of sp³-hybridized carbons (Fsp3) is 0.364. The first-order chi connectivity index (χ1) is 8.41. The van der Waals surface area contributed by atoms with Gasteiger partial charge in [-0.2, -0.15) is 0 Å². The quantitative estimate of drug-likeness (QED) is 0.641. The Morgan fingerprint density at radius 3 is 2.50 bits per heavy atom. The molecule has 0 aliphatic heterocycles. The first-order valence-corrected chi connectivity index (χ1v) is 6.33. The molecule has 1 aromatic rings. The Labute approximate surface area is 121 Å². The molecular weight excluding hydrogens is 295 g/mol. The van der Waals surface area contributed by atoms with Crippen molar-refractivity contribution in [3.05, 3.63) is 28.2 Å². The summed E-state index contributed by atoms with van der Waals surface area (Å²) in [5.74, 6) is 0. The van der Waals surface area contributed by atoms with E-state index in [9.17, 15) is 0 Å². The van der Waals surface area contributed by atoms with Crippen LogP contribution < -0.4 is 10.6 Å². The summed E-state index contributed by atoms with van der Waals surface area (Å²) < 4.78 is 0. The minimum absolute atomic E-state index is 0.241. The second-order valence-corrected chi connectivity index (χ2v) is 5.25. The first-order valence-electron chi connectivity index (χ1n) is 5.17. The van der Waals surface area contributed by atoms with E-state index in [1.54, 1.807) is 25.1 Å². The zero-order valence-corrected chi connectivity index (χ0v) is 12.0. The Balaban J connectivity index is 2.74. The molecule has 4 N–H and O–H groups in total. The third-order valence-corrected chi connectivity index (χ3v) is 3.34. The van der Waals surface area contributed by atoms with Gasteiger partial charge in [0, 0.05) is 0 Å². The van der Waals surface area contributed by atoms with Crippen LogP contribution in [0.4, 0.5) is 5.69 Å². The van der Waals surface area contributed by atoms with Crippen molar-refractivity contribution < 1.29 is 10.2 Å². The molecule has 1 aromatic carbocycles. The van der Waals surface area contributed by atoms with E-state index in [1.165, 1.54) is 0 Å². The van der Waals surface area contributed by atoms with Gasteiger partial charge in [-0.15, -0.1) is 0 Å². The van der Waals surface area contributed by atoms with Crippen LogP contribution in [0.2, 0.25) is 10.0 Å². The van der Waals surface area contributed by atoms with E-state index in [4.69, 9.17) is 45.6 Å². The smallest absolute Gasteiger partial charge is 0.171 e. The van der Waals surface area contributed by atoms with Crippen LogP contribution in [0.15, 0.2) is 18.2 Å². The number of aliphatic hydroxyl groups is 2. The lowest BCUT2D eigenvalue weighted by Crippen LogP contribution is -2.53. The summed E-state index contributed by atoms with van der Waals surface area (Å²) in [4.78, 5) is 0. The number of benzene rings is 1. The summed E-state index contributed by atoms with van der Waals surface area (Å²) in [7, 11) is 0. The maximum absolute atomic E-state index is 9.14. The van der Waals surface area contributed by atoms with Crippen molar-refractivity contribution in [1.82, 2.24) is 5.32 Å². The fourth-order valence-electron chi connectivity index (χ4n) is 1.16. The van der Waals surface area contributed by atoms with Crippen LogP contribution in [-0.4, -0.2) is 34.1 Å². The molecule has 0 spiro atoms. The second kappa shape index (κ2) is 6.54. The Bertz CT molecular complexity index is 439. The number of halogens is 2. The highest BCUT2D eigenvalue weighted by Gasteiger charge is 2.23. The summed E-state index contributed by atoms with van der Waals surface area (Å²) in [5.41, 5.74) is -0.338. The largest absolute Gasteiger partial charge is 0.394 e. The molecule has 0 radical (unpaired) electrons. The van der Waals surface area contributed by atoms with Crippen LogP contribution in [0.1, 0.15) is 6.92 Å². The normalized spacial score (nSPS) is 11.2. The Morgan fingerprint density at radius 2 is 1.94 bits per heavy atom. The van der Waals surface area contributed by atoms with Crippen molar-refractivity contribution >= 4 is 46.2 Å². The Morgan fingerprint density at radius 1 is 1.33 bits per heavy atom. The van der Waals surface area contributed by atoms with Crippen molar-refractivity contribution in [1.29, 1.82) is 0 Å². The molecular formula is C11H14Cl2N2O2S. The van der Waals surface area contributed by atoms with Gasteiger partial charge in [-0.3, -0.25) is 0 Å². The maximum atomic E-state index is 9.14. The van der Waals surface area contributed by atoms with Crippen LogP contribution in [0, 0.1) is 0 Å². The minimum atomic E-state index is -0.894. The van der Waals surface area contributed by atoms with E-state index in [1.807, 2.05) is 0 Å². The number of rotatable bonds is 4. The molecule has 0 saturated heterocycles. The van der Waals surface area contributed by atoms with Gasteiger partial charge in [0.25, 0.3) is 0 Å². The molecule has 7 heteroatoms. The van der Waals surface area contributed by atoms with Crippen molar-refractivity contribution in [2.24, 2.45) is 0 Å². The minimum Gasteiger partial charge on any atom is -0.394 e. The van der Waals surface area contributed by atoms with Crippen molar-refractivity contribution in [3.8, 4) is 0 Å². The van der Waals surface area contributed by atoms with Gasteiger partial charge < -0.3 is 20.8 Å². The molecule has 100 valence electrons. The number of aliphatic hydroxyl groups excluding tert-OH is 2. The van der Waals surface area contributed by atoms with Gasteiger partial charge in [0.2, 0.25) is 0 Å². The van der Waals surface area contributed by atoms with E-state index < -0.39 is 5.54 Å². The van der Waals surface area contributed by atoms with Gasteiger partial charge in [-0.05, 0) is 31.3 Å².